The van der Waals surface area contributed by atoms with Gasteiger partial charge in [-0.15, -0.1) is 0 Å². The average molecular weight is 163 g/mol. The van der Waals surface area contributed by atoms with Crippen molar-refractivity contribution in [2.75, 3.05) is 0 Å². The standard InChI is InChI=1S/Mn.6H2O/h;6*1H2. The molecule has 0 saturated heterocycles. The molecule has 0 atom stereocenters. The Bertz CT molecular complexity index is 4.14. The van der Waals surface area contributed by atoms with Crippen LogP contribution in [0.4, 0.5) is 0 Å². The predicted molar refractivity (Wildman–Crippen MR) is 21.7 cm³/mol. The van der Waals surface area contributed by atoms with Crippen LogP contribution in [0.15, 0.2) is 0 Å². The Labute approximate surface area is 50.8 Å². The van der Waals surface area contributed by atoms with E-state index in [2.05, 4.69) is 0 Å². The minimum absolute atomic E-state index is 0. The summed E-state index contributed by atoms with van der Waals surface area (Å²) in [5.74, 6) is 0. The van der Waals surface area contributed by atoms with Gasteiger partial charge in [-0.3, -0.25) is 0 Å². The van der Waals surface area contributed by atoms with Gasteiger partial charge in [0.25, 0.3) is 0 Å². The Kier molecular flexibility index (Phi) is 1180000. The second kappa shape index (κ2) is 2240. The first-order valence-corrected chi connectivity index (χ1v) is 0. The summed E-state index contributed by atoms with van der Waals surface area (Å²) in [6.45, 7) is 0. The fourth-order valence-corrected chi connectivity index (χ4v) is 0. The van der Waals surface area contributed by atoms with Crippen molar-refractivity contribution in [2.24, 2.45) is 0 Å². The summed E-state index contributed by atoms with van der Waals surface area (Å²) in [5.41, 5.74) is 0. The smallest absolute Gasteiger partial charge is 0 e. The van der Waals surface area contributed by atoms with Gasteiger partial charge in [-0.2, -0.15) is 0 Å². The van der Waals surface area contributed by atoms with Gasteiger partial charge in [0, 0.05) is 17.1 Å². The maximum absolute atomic E-state index is 0. The van der Waals surface area contributed by atoms with E-state index in [0.29, 0.717) is 0 Å². The van der Waals surface area contributed by atoms with Crippen molar-refractivity contribution in [3.05, 3.63) is 0 Å². The fraction of sp³-hybridized carbons (Fsp3) is 0. The molecule has 7 heavy (non-hydrogen) atoms. The third kappa shape index (κ3) is 1470. The molecule has 0 aromatic carbocycles. The molecule has 6 nitrogen and oxygen atoms in total. The molecule has 0 rings (SSSR count). The molecule has 0 aliphatic carbocycles. The molecule has 0 aromatic rings. The molecule has 55 valence electrons. The van der Waals surface area contributed by atoms with Crippen LogP contribution in [-0.4, -0.2) is 32.9 Å². The van der Waals surface area contributed by atoms with Crippen LogP contribution in [0.5, 0.6) is 0 Å². The van der Waals surface area contributed by atoms with Gasteiger partial charge in [0.05, 0.1) is 0 Å². The average Bonchev–Trinajstić information content (AvgIpc) is 0. The maximum Gasteiger partial charge on any atom is 0 e. The molecule has 0 bridgehead atoms. The van der Waals surface area contributed by atoms with E-state index in [1.807, 2.05) is 0 Å². The van der Waals surface area contributed by atoms with Crippen LogP contribution in [0, 0.1) is 0 Å². The quantitative estimate of drug-likeness (QED) is 0.309. The zero-order chi connectivity index (χ0) is 0. The zero-order valence-electron chi connectivity index (χ0n) is 3.38. The molecule has 1 radical (unpaired) electrons. The van der Waals surface area contributed by atoms with E-state index in [1.54, 1.807) is 0 Å². The molecule has 0 aliphatic rings. The van der Waals surface area contributed by atoms with Crippen LogP contribution in [-0.2, 0) is 17.1 Å². The largest absolute Gasteiger partial charge is 0.412 e. The Morgan fingerprint density at radius 3 is 0.286 bits per heavy atom. The first-order valence-electron chi connectivity index (χ1n) is 0. The summed E-state index contributed by atoms with van der Waals surface area (Å²) in [6, 6.07) is 0. The van der Waals surface area contributed by atoms with E-state index in [1.165, 1.54) is 0 Å². The van der Waals surface area contributed by atoms with Crippen LogP contribution in [0.2, 0.25) is 0 Å². The van der Waals surface area contributed by atoms with E-state index in [9.17, 15) is 0 Å². The van der Waals surface area contributed by atoms with Gasteiger partial charge in [0.2, 0.25) is 0 Å². The van der Waals surface area contributed by atoms with Crippen LogP contribution in [0.1, 0.15) is 0 Å². The summed E-state index contributed by atoms with van der Waals surface area (Å²) in [5, 5.41) is 0. The minimum atomic E-state index is 0. The molecular formula is H12MnO6. The molecule has 0 unspecified atom stereocenters. The van der Waals surface area contributed by atoms with Crippen molar-refractivity contribution in [3.8, 4) is 0 Å². The molecule has 0 aliphatic heterocycles. The SMILES string of the molecule is O.O.O.O.O.O.[Mn]. The molecule has 0 amide bonds. The van der Waals surface area contributed by atoms with Crippen molar-refractivity contribution in [1.82, 2.24) is 0 Å². The van der Waals surface area contributed by atoms with E-state index in [4.69, 9.17) is 0 Å². The molecule has 0 heterocycles. The van der Waals surface area contributed by atoms with Gasteiger partial charge in [-0.1, -0.05) is 0 Å². The number of hydrogen-bond donors (Lipinski definition) is 0. The van der Waals surface area contributed by atoms with Crippen LogP contribution >= 0.6 is 0 Å². The van der Waals surface area contributed by atoms with Gasteiger partial charge >= 0.3 is 0 Å². The fourth-order valence-electron chi connectivity index (χ4n) is 0. The second-order valence-electron chi connectivity index (χ2n) is 0. The summed E-state index contributed by atoms with van der Waals surface area (Å²) in [4.78, 5) is 0. The summed E-state index contributed by atoms with van der Waals surface area (Å²) in [7, 11) is 0. The van der Waals surface area contributed by atoms with E-state index in [-0.39, 0.29) is 49.9 Å². The first kappa shape index (κ1) is 3670. The first-order chi connectivity index (χ1) is 0. The van der Waals surface area contributed by atoms with E-state index in [0.717, 1.165) is 0 Å². The van der Waals surface area contributed by atoms with Crippen LogP contribution < -0.4 is 0 Å². The third-order valence-corrected chi connectivity index (χ3v) is 0. The van der Waals surface area contributed by atoms with E-state index < -0.39 is 0 Å². The topological polar surface area (TPSA) is 189 Å². The zero-order valence-corrected chi connectivity index (χ0v) is 4.56. The van der Waals surface area contributed by atoms with E-state index >= 15 is 0 Å². The Morgan fingerprint density at radius 1 is 0.286 bits per heavy atom. The van der Waals surface area contributed by atoms with Gasteiger partial charge in [-0.05, 0) is 0 Å². The Hall–Kier alpha value is 0.279. The van der Waals surface area contributed by atoms with Crippen LogP contribution in [0.25, 0.3) is 0 Å². The molecule has 0 fully saturated rings. The summed E-state index contributed by atoms with van der Waals surface area (Å²) in [6.07, 6.45) is 0. The number of hydrogen-bond acceptors (Lipinski definition) is 0. The van der Waals surface area contributed by atoms with Gasteiger partial charge < -0.3 is 32.9 Å². The van der Waals surface area contributed by atoms with Crippen molar-refractivity contribution in [1.29, 1.82) is 0 Å². The monoisotopic (exact) mass is 163 g/mol. The molecule has 12 N–H and O–H groups in total. The molecule has 7 heteroatoms. The maximum atomic E-state index is 0. The number of rotatable bonds is 0. The second-order valence-corrected chi connectivity index (χ2v) is 0. The van der Waals surface area contributed by atoms with Crippen molar-refractivity contribution in [3.63, 3.8) is 0 Å². The van der Waals surface area contributed by atoms with Crippen molar-refractivity contribution in [2.45, 2.75) is 0 Å². The predicted octanol–water partition coefficient (Wildman–Crippen LogP) is -4.95. The van der Waals surface area contributed by atoms with Crippen molar-refractivity contribution >= 4 is 0 Å². The normalized spacial score (nSPS) is 0. The molecule has 0 spiro atoms. The summed E-state index contributed by atoms with van der Waals surface area (Å²) < 4.78 is 0. The Morgan fingerprint density at radius 2 is 0.286 bits per heavy atom. The molecule has 0 saturated carbocycles. The van der Waals surface area contributed by atoms with Gasteiger partial charge in [-0.25, -0.2) is 0 Å². The van der Waals surface area contributed by atoms with Gasteiger partial charge in [0.1, 0.15) is 0 Å². The Balaban J connectivity index is 0. The summed E-state index contributed by atoms with van der Waals surface area (Å²) >= 11 is 0. The molecular weight excluding hydrogens is 151 g/mol. The minimum Gasteiger partial charge on any atom is -0.412 e. The van der Waals surface area contributed by atoms with Crippen LogP contribution in [0.3, 0.4) is 0 Å². The third-order valence-electron chi connectivity index (χ3n) is 0. The molecule has 0 aromatic heterocycles. The van der Waals surface area contributed by atoms with Crippen molar-refractivity contribution < 1.29 is 49.9 Å². The van der Waals surface area contributed by atoms with Gasteiger partial charge in [0.15, 0.2) is 0 Å².